The summed E-state index contributed by atoms with van der Waals surface area (Å²) in [4.78, 5) is 0. The maximum Gasteiger partial charge on any atom is 0.0618 e. The molecule has 0 radical (unpaired) electrons. The first-order valence-electron chi connectivity index (χ1n) is 4.90. The van der Waals surface area contributed by atoms with Crippen LogP contribution < -0.4 is 5.32 Å². The number of rotatable bonds is 5. The van der Waals surface area contributed by atoms with Crippen LogP contribution in [0.2, 0.25) is 0 Å². The van der Waals surface area contributed by atoms with Gasteiger partial charge in [0.2, 0.25) is 0 Å². The van der Waals surface area contributed by atoms with Gasteiger partial charge in [-0.15, -0.1) is 0 Å². The van der Waals surface area contributed by atoms with Crippen molar-refractivity contribution >= 4 is 0 Å². The first kappa shape index (κ1) is 10.0. The molecule has 1 saturated carbocycles. The van der Waals surface area contributed by atoms with Gasteiger partial charge >= 0.3 is 0 Å². The summed E-state index contributed by atoms with van der Waals surface area (Å²) >= 11 is 0. The van der Waals surface area contributed by atoms with E-state index in [0.29, 0.717) is 12.0 Å². The first-order chi connectivity index (χ1) is 5.65. The number of methoxy groups -OCH3 is 1. The molecule has 2 nitrogen and oxygen atoms in total. The zero-order valence-corrected chi connectivity index (χ0v) is 8.63. The van der Waals surface area contributed by atoms with Gasteiger partial charge in [-0.1, -0.05) is 20.8 Å². The summed E-state index contributed by atoms with van der Waals surface area (Å²) < 4.78 is 5.17. The van der Waals surface area contributed by atoms with Crippen LogP contribution in [-0.4, -0.2) is 25.8 Å². The Morgan fingerprint density at radius 1 is 1.50 bits per heavy atom. The molecule has 0 bridgehead atoms. The number of nitrogens with one attached hydrogen (secondary N) is 1. The second-order valence-corrected chi connectivity index (χ2v) is 4.29. The highest BCUT2D eigenvalue weighted by Gasteiger charge is 2.34. The van der Waals surface area contributed by atoms with Crippen molar-refractivity contribution in [2.24, 2.45) is 11.8 Å². The predicted molar refractivity (Wildman–Crippen MR) is 51.2 cm³/mol. The fourth-order valence-corrected chi connectivity index (χ4v) is 1.44. The fourth-order valence-electron chi connectivity index (χ4n) is 1.44. The zero-order chi connectivity index (χ0) is 9.14. The molecular formula is C10H21NO. The average Bonchev–Trinajstić information content (AvgIpc) is 2.65. The lowest BCUT2D eigenvalue weighted by atomic mass is 10.1. The molecule has 3 atom stereocenters. The number of hydrogen-bond acceptors (Lipinski definition) is 2. The minimum Gasteiger partial charge on any atom is -0.383 e. The van der Waals surface area contributed by atoms with Crippen LogP contribution in [0.15, 0.2) is 0 Å². The van der Waals surface area contributed by atoms with Gasteiger partial charge in [0.15, 0.2) is 0 Å². The Morgan fingerprint density at radius 2 is 2.08 bits per heavy atom. The molecule has 0 saturated heterocycles. The summed E-state index contributed by atoms with van der Waals surface area (Å²) in [5, 5.41) is 3.62. The molecule has 1 fully saturated rings. The topological polar surface area (TPSA) is 21.3 Å². The summed E-state index contributed by atoms with van der Waals surface area (Å²) in [5.41, 5.74) is 0. The van der Waals surface area contributed by atoms with Crippen molar-refractivity contribution in [3.05, 3.63) is 0 Å². The van der Waals surface area contributed by atoms with Gasteiger partial charge in [-0.05, 0) is 18.3 Å². The normalized spacial score (nSPS) is 30.8. The largest absolute Gasteiger partial charge is 0.383 e. The summed E-state index contributed by atoms with van der Waals surface area (Å²) in [6, 6.07) is 1.29. The third-order valence-corrected chi connectivity index (χ3v) is 2.69. The van der Waals surface area contributed by atoms with E-state index in [9.17, 15) is 0 Å². The lowest BCUT2D eigenvalue weighted by Crippen LogP contribution is -2.39. The molecule has 0 aromatic carbocycles. The first-order valence-corrected chi connectivity index (χ1v) is 4.90. The Labute approximate surface area is 75.7 Å². The summed E-state index contributed by atoms with van der Waals surface area (Å²) in [6.07, 6.45) is 1.34. The molecule has 3 unspecified atom stereocenters. The Morgan fingerprint density at radius 3 is 2.42 bits per heavy atom. The van der Waals surface area contributed by atoms with E-state index in [2.05, 4.69) is 26.1 Å². The van der Waals surface area contributed by atoms with Crippen LogP contribution in [0.25, 0.3) is 0 Å². The Kier molecular flexibility index (Phi) is 3.53. The van der Waals surface area contributed by atoms with E-state index in [4.69, 9.17) is 4.74 Å². The fraction of sp³-hybridized carbons (Fsp3) is 1.00. The molecule has 1 aliphatic carbocycles. The summed E-state index contributed by atoms with van der Waals surface area (Å²) in [7, 11) is 1.77. The smallest absolute Gasteiger partial charge is 0.0618 e. The Hall–Kier alpha value is -0.0800. The molecule has 72 valence electrons. The molecule has 0 aromatic heterocycles. The van der Waals surface area contributed by atoms with E-state index >= 15 is 0 Å². The van der Waals surface area contributed by atoms with E-state index in [-0.39, 0.29) is 0 Å². The van der Waals surface area contributed by atoms with Gasteiger partial charge in [0.1, 0.15) is 0 Å². The minimum atomic E-state index is 0.532. The van der Waals surface area contributed by atoms with Crippen LogP contribution >= 0.6 is 0 Å². The molecule has 2 heteroatoms. The molecule has 1 N–H and O–H groups in total. The minimum absolute atomic E-state index is 0.532. The molecule has 0 aliphatic heterocycles. The second kappa shape index (κ2) is 4.24. The monoisotopic (exact) mass is 171 g/mol. The molecule has 0 heterocycles. The van der Waals surface area contributed by atoms with Crippen molar-refractivity contribution in [1.82, 2.24) is 5.32 Å². The average molecular weight is 171 g/mol. The van der Waals surface area contributed by atoms with Crippen molar-refractivity contribution in [1.29, 1.82) is 0 Å². The highest BCUT2D eigenvalue weighted by Crippen LogP contribution is 2.30. The van der Waals surface area contributed by atoms with Crippen molar-refractivity contribution in [2.75, 3.05) is 13.7 Å². The molecule has 0 amide bonds. The van der Waals surface area contributed by atoms with Gasteiger partial charge in [0, 0.05) is 19.2 Å². The Bertz CT molecular complexity index is 136. The van der Waals surface area contributed by atoms with Crippen LogP contribution in [-0.2, 0) is 4.74 Å². The predicted octanol–water partition coefficient (Wildman–Crippen LogP) is 1.66. The third kappa shape index (κ3) is 2.76. The highest BCUT2D eigenvalue weighted by atomic mass is 16.5. The quantitative estimate of drug-likeness (QED) is 0.679. The van der Waals surface area contributed by atoms with Gasteiger partial charge in [-0.2, -0.15) is 0 Å². The number of ether oxygens (including phenoxy) is 1. The Balaban J connectivity index is 2.23. The van der Waals surface area contributed by atoms with E-state index in [0.717, 1.165) is 18.6 Å². The van der Waals surface area contributed by atoms with Crippen molar-refractivity contribution in [3.8, 4) is 0 Å². The van der Waals surface area contributed by atoms with E-state index in [1.807, 2.05) is 0 Å². The zero-order valence-electron chi connectivity index (χ0n) is 8.63. The highest BCUT2D eigenvalue weighted by molar-refractivity contribution is 4.92. The standard InChI is InChI=1S/C10H21NO/c1-7(2)10(6-12-4)11-9-5-8(9)3/h7-11H,5-6H2,1-4H3. The lowest BCUT2D eigenvalue weighted by molar-refractivity contribution is 0.145. The van der Waals surface area contributed by atoms with Gasteiger partial charge in [-0.3, -0.25) is 0 Å². The van der Waals surface area contributed by atoms with Crippen molar-refractivity contribution in [2.45, 2.75) is 39.3 Å². The third-order valence-electron chi connectivity index (χ3n) is 2.69. The van der Waals surface area contributed by atoms with Gasteiger partial charge in [-0.25, -0.2) is 0 Å². The molecule has 1 rings (SSSR count). The van der Waals surface area contributed by atoms with E-state index in [1.54, 1.807) is 7.11 Å². The molecule has 0 aromatic rings. The summed E-state index contributed by atoms with van der Waals surface area (Å²) in [6.45, 7) is 7.61. The van der Waals surface area contributed by atoms with Gasteiger partial charge in [0.25, 0.3) is 0 Å². The molecule has 1 aliphatic rings. The van der Waals surface area contributed by atoms with Crippen LogP contribution in [0.4, 0.5) is 0 Å². The van der Waals surface area contributed by atoms with Gasteiger partial charge in [0.05, 0.1) is 6.61 Å². The second-order valence-electron chi connectivity index (χ2n) is 4.29. The van der Waals surface area contributed by atoms with Gasteiger partial charge < -0.3 is 10.1 Å². The summed E-state index contributed by atoms with van der Waals surface area (Å²) in [5.74, 6) is 1.54. The van der Waals surface area contributed by atoms with Crippen molar-refractivity contribution in [3.63, 3.8) is 0 Å². The van der Waals surface area contributed by atoms with Crippen LogP contribution in [0.3, 0.4) is 0 Å². The van der Waals surface area contributed by atoms with E-state index < -0.39 is 0 Å². The van der Waals surface area contributed by atoms with Crippen molar-refractivity contribution < 1.29 is 4.74 Å². The van der Waals surface area contributed by atoms with Crippen LogP contribution in [0, 0.1) is 11.8 Å². The lowest BCUT2D eigenvalue weighted by Gasteiger charge is -2.21. The van der Waals surface area contributed by atoms with E-state index in [1.165, 1.54) is 6.42 Å². The maximum absolute atomic E-state index is 5.17. The molecular weight excluding hydrogens is 150 g/mol. The maximum atomic E-state index is 5.17. The molecule has 0 spiro atoms. The van der Waals surface area contributed by atoms with Crippen LogP contribution in [0.1, 0.15) is 27.2 Å². The SMILES string of the molecule is COCC(NC1CC1C)C(C)C. The molecule has 12 heavy (non-hydrogen) atoms. The number of hydrogen-bond donors (Lipinski definition) is 1. The van der Waals surface area contributed by atoms with Crippen LogP contribution in [0.5, 0.6) is 0 Å².